The van der Waals surface area contributed by atoms with Crippen molar-refractivity contribution in [1.82, 2.24) is 0 Å². The summed E-state index contributed by atoms with van der Waals surface area (Å²) in [6.07, 6.45) is -1.24. The van der Waals surface area contributed by atoms with Crippen LogP contribution in [0, 0.1) is 0 Å². The Bertz CT molecular complexity index is 134. The summed E-state index contributed by atoms with van der Waals surface area (Å²) in [5.41, 5.74) is 0. The number of phosphoric acid groups is 1. The van der Waals surface area contributed by atoms with Crippen molar-refractivity contribution >= 4 is 30.9 Å². The van der Waals surface area contributed by atoms with Gasteiger partial charge in [0.25, 0.3) is 0 Å². The van der Waals surface area contributed by atoms with E-state index in [9.17, 15) is 4.57 Å². The molecule has 6 nitrogen and oxygen atoms in total. The first kappa shape index (κ1) is 14.3. The number of hydrogen-bond acceptors (Lipinski definition) is 4. The Hall–Kier alpha value is 0.796. The van der Waals surface area contributed by atoms with E-state index in [0.29, 0.717) is 0 Å². The smallest absolute Gasteiger partial charge is 0.394 e. The summed E-state index contributed by atoms with van der Waals surface area (Å²) in [7, 11) is -4.50. The minimum absolute atomic E-state index is 0. The van der Waals surface area contributed by atoms with Crippen molar-refractivity contribution in [3.63, 3.8) is 0 Å². The number of hydrogen-bond donors (Lipinski definition) is 4. The summed E-state index contributed by atoms with van der Waals surface area (Å²) in [4.78, 5) is 16.1. The molecule has 1 unspecified atom stereocenters. The van der Waals surface area contributed by atoms with Gasteiger partial charge in [-0.3, -0.25) is 4.52 Å². The zero-order chi connectivity index (χ0) is 8.20. The van der Waals surface area contributed by atoms with Gasteiger partial charge in [-0.25, -0.2) is 4.57 Å². The molecule has 0 aromatic rings. The quantitative estimate of drug-likeness (QED) is 0.308. The Morgan fingerprint density at radius 1 is 1.45 bits per heavy atom. The Labute approximate surface area is 79.6 Å². The lowest BCUT2D eigenvalue weighted by molar-refractivity contribution is 0.0419. The summed E-state index contributed by atoms with van der Waals surface area (Å²) < 4.78 is 13.8. The molecule has 0 fully saturated rings. The van der Waals surface area contributed by atoms with Crippen LogP contribution < -0.4 is 0 Å². The third kappa shape index (κ3) is 10.8. The predicted molar refractivity (Wildman–Crippen MR) is 36.8 cm³/mol. The second-order valence-corrected chi connectivity index (χ2v) is 2.86. The molecular formula is C3H9MgO6P. The van der Waals surface area contributed by atoms with Crippen molar-refractivity contribution in [3.05, 3.63) is 0 Å². The maximum atomic E-state index is 9.93. The van der Waals surface area contributed by atoms with E-state index >= 15 is 0 Å². The highest BCUT2D eigenvalue weighted by molar-refractivity contribution is 7.46. The van der Waals surface area contributed by atoms with Gasteiger partial charge in [0.05, 0.1) is 13.2 Å². The highest BCUT2D eigenvalue weighted by Gasteiger charge is 2.15. The standard InChI is InChI=1S/C3H9O6P.Mg/c4-1-3(5)2-9-10(6,7)8;/h3-5H,1-2H2,(H2,6,7,8);. The molecule has 0 heterocycles. The van der Waals surface area contributed by atoms with Crippen molar-refractivity contribution in [2.45, 2.75) is 6.10 Å². The SMILES string of the molecule is O=P(O)(O)OCC(O)CO.[Mg]. The third-order valence-electron chi connectivity index (χ3n) is 0.646. The van der Waals surface area contributed by atoms with Crippen molar-refractivity contribution in [2.75, 3.05) is 13.2 Å². The van der Waals surface area contributed by atoms with Gasteiger partial charge in [-0.05, 0) is 0 Å². The van der Waals surface area contributed by atoms with Crippen LogP contribution >= 0.6 is 7.82 Å². The topological polar surface area (TPSA) is 107 Å². The summed E-state index contributed by atoms with van der Waals surface area (Å²) in [5.74, 6) is 0. The first-order chi connectivity index (χ1) is 4.45. The van der Waals surface area contributed by atoms with E-state index in [2.05, 4.69) is 4.52 Å². The number of aliphatic hydroxyl groups excluding tert-OH is 2. The maximum Gasteiger partial charge on any atom is 0.469 e. The van der Waals surface area contributed by atoms with Crippen molar-refractivity contribution in [2.24, 2.45) is 0 Å². The molecular weight excluding hydrogens is 187 g/mol. The fourth-order valence-corrected chi connectivity index (χ4v) is 0.602. The van der Waals surface area contributed by atoms with Gasteiger partial charge < -0.3 is 20.0 Å². The molecule has 0 aliphatic rings. The first-order valence-corrected chi connectivity index (χ1v) is 3.98. The first-order valence-electron chi connectivity index (χ1n) is 2.44. The number of rotatable bonds is 4. The van der Waals surface area contributed by atoms with Gasteiger partial charge in [0.2, 0.25) is 0 Å². The van der Waals surface area contributed by atoms with Gasteiger partial charge in [-0.15, -0.1) is 0 Å². The minimum atomic E-state index is -4.50. The van der Waals surface area contributed by atoms with Crippen LogP contribution in [0.15, 0.2) is 0 Å². The van der Waals surface area contributed by atoms with Crippen LogP contribution in [0.5, 0.6) is 0 Å². The molecule has 2 radical (unpaired) electrons. The van der Waals surface area contributed by atoms with E-state index in [4.69, 9.17) is 20.0 Å². The van der Waals surface area contributed by atoms with Crippen LogP contribution in [-0.2, 0) is 9.09 Å². The van der Waals surface area contributed by atoms with Gasteiger partial charge >= 0.3 is 7.82 Å². The summed E-state index contributed by atoms with van der Waals surface area (Å²) in [5, 5.41) is 16.7. The molecule has 64 valence electrons. The van der Waals surface area contributed by atoms with Crippen LogP contribution in [0.1, 0.15) is 0 Å². The largest absolute Gasteiger partial charge is 0.469 e. The second kappa shape index (κ2) is 6.33. The molecule has 11 heavy (non-hydrogen) atoms. The van der Waals surface area contributed by atoms with E-state index < -0.39 is 27.1 Å². The van der Waals surface area contributed by atoms with E-state index in [1.54, 1.807) is 0 Å². The van der Waals surface area contributed by atoms with Crippen LogP contribution in [0.4, 0.5) is 0 Å². The summed E-state index contributed by atoms with van der Waals surface area (Å²) in [6, 6.07) is 0. The van der Waals surface area contributed by atoms with Gasteiger partial charge in [0, 0.05) is 23.1 Å². The maximum absolute atomic E-state index is 9.93. The normalized spacial score (nSPS) is 13.8. The van der Waals surface area contributed by atoms with E-state index in [-0.39, 0.29) is 23.1 Å². The van der Waals surface area contributed by atoms with Crippen molar-refractivity contribution in [3.8, 4) is 0 Å². The molecule has 1 atom stereocenters. The van der Waals surface area contributed by atoms with Crippen LogP contribution in [0.2, 0.25) is 0 Å². The predicted octanol–water partition coefficient (Wildman–Crippen LogP) is -1.93. The van der Waals surface area contributed by atoms with E-state index in [1.165, 1.54) is 0 Å². The average molecular weight is 196 g/mol. The molecule has 0 bridgehead atoms. The molecule has 0 spiro atoms. The zero-order valence-electron chi connectivity index (χ0n) is 5.75. The van der Waals surface area contributed by atoms with Gasteiger partial charge in [-0.2, -0.15) is 0 Å². The lowest BCUT2D eigenvalue weighted by Crippen LogP contribution is -2.18. The molecule has 0 aliphatic carbocycles. The summed E-state index contributed by atoms with van der Waals surface area (Å²) in [6.45, 7) is -1.15. The van der Waals surface area contributed by atoms with Crippen LogP contribution in [0.25, 0.3) is 0 Å². The molecule has 0 amide bonds. The Kier molecular flexibility index (Phi) is 8.24. The molecule has 0 aromatic carbocycles. The van der Waals surface area contributed by atoms with Crippen molar-refractivity contribution < 1.29 is 29.1 Å². The van der Waals surface area contributed by atoms with E-state index in [1.807, 2.05) is 0 Å². The van der Waals surface area contributed by atoms with Crippen LogP contribution in [0.3, 0.4) is 0 Å². The number of phosphoric ester groups is 1. The van der Waals surface area contributed by atoms with Gasteiger partial charge in [0.15, 0.2) is 0 Å². The van der Waals surface area contributed by atoms with Gasteiger partial charge in [-0.1, -0.05) is 0 Å². The monoisotopic (exact) mass is 196 g/mol. The van der Waals surface area contributed by atoms with Crippen LogP contribution in [-0.4, -0.2) is 62.4 Å². The zero-order valence-corrected chi connectivity index (χ0v) is 8.06. The highest BCUT2D eigenvalue weighted by atomic mass is 31.2. The second-order valence-electron chi connectivity index (χ2n) is 1.62. The van der Waals surface area contributed by atoms with Crippen molar-refractivity contribution in [1.29, 1.82) is 0 Å². The Morgan fingerprint density at radius 2 is 1.91 bits per heavy atom. The number of aliphatic hydroxyl groups is 2. The Morgan fingerprint density at radius 3 is 2.18 bits per heavy atom. The summed E-state index contributed by atoms with van der Waals surface area (Å²) >= 11 is 0. The molecule has 4 N–H and O–H groups in total. The van der Waals surface area contributed by atoms with Gasteiger partial charge in [0.1, 0.15) is 6.10 Å². The molecule has 0 saturated carbocycles. The molecule has 8 heteroatoms. The fraction of sp³-hybridized carbons (Fsp3) is 1.00. The Balaban J connectivity index is 0. The molecule has 0 saturated heterocycles. The fourth-order valence-electron chi connectivity index (χ4n) is 0.236. The molecule has 0 aromatic heterocycles. The lowest BCUT2D eigenvalue weighted by Gasteiger charge is -2.07. The lowest BCUT2D eigenvalue weighted by atomic mass is 10.4. The highest BCUT2D eigenvalue weighted by Crippen LogP contribution is 2.35. The average Bonchev–Trinajstić information content (AvgIpc) is 1.81. The minimum Gasteiger partial charge on any atom is -0.394 e. The molecule has 0 rings (SSSR count). The third-order valence-corrected chi connectivity index (χ3v) is 1.13. The van der Waals surface area contributed by atoms with E-state index in [0.717, 1.165) is 0 Å². The molecule has 0 aliphatic heterocycles.